The van der Waals surface area contributed by atoms with Gasteiger partial charge in [0.15, 0.2) is 5.13 Å². The third kappa shape index (κ3) is 3.90. The molecule has 0 unspecified atom stereocenters. The summed E-state index contributed by atoms with van der Waals surface area (Å²) >= 11 is 14.1. The second-order valence-electron chi connectivity index (χ2n) is 6.76. The molecule has 4 rings (SSSR count). The minimum absolute atomic E-state index is 0.110. The summed E-state index contributed by atoms with van der Waals surface area (Å²) in [7, 11) is 1.91. The number of thiazole rings is 1. The van der Waals surface area contributed by atoms with Crippen molar-refractivity contribution in [3.63, 3.8) is 0 Å². The van der Waals surface area contributed by atoms with Gasteiger partial charge in [0.05, 0.1) is 32.5 Å². The second-order valence-corrected chi connectivity index (χ2v) is 8.56. The van der Waals surface area contributed by atoms with Gasteiger partial charge in [0, 0.05) is 33.2 Å². The first-order valence-corrected chi connectivity index (χ1v) is 10.6. The van der Waals surface area contributed by atoms with Gasteiger partial charge in [0.1, 0.15) is 0 Å². The van der Waals surface area contributed by atoms with Crippen molar-refractivity contribution in [2.24, 2.45) is 0 Å². The van der Waals surface area contributed by atoms with Crippen LogP contribution in [0.25, 0.3) is 10.2 Å². The van der Waals surface area contributed by atoms with Crippen molar-refractivity contribution in [1.82, 2.24) is 9.88 Å². The van der Waals surface area contributed by atoms with Gasteiger partial charge in [-0.2, -0.15) is 0 Å². The van der Waals surface area contributed by atoms with E-state index >= 15 is 0 Å². The summed E-state index contributed by atoms with van der Waals surface area (Å²) < 4.78 is 1.13. The van der Waals surface area contributed by atoms with E-state index in [4.69, 9.17) is 23.2 Å². The molecule has 1 amide bonds. The average Bonchev–Trinajstić information content (AvgIpc) is 3.15. The lowest BCUT2D eigenvalue weighted by Gasteiger charge is -2.37. The minimum atomic E-state index is 0.110. The predicted octanol–water partition coefficient (Wildman–Crippen LogP) is 4.39. The maximum atomic E-state index is 12.8. The van der Waals surface area contributed by atoms with Crippen LogP contribution in [-0.2, 0) is 4.79 Å². The van der Waals surface area contributed by atoms with E-state index in [0.29, 0.717) is 29.7 Å². The number of rotatable bonds is 4. The molecule has 1 aliphatic heterocycles. The van der Waals surface area contributed by atoms with Crippen molar-refractivity contribution in [1.29, 1.82) is 0 Å². The molecule has 146 valence electrons. The summed E-state index contributed by atoms with van der Waals surface area (Å²) in [4.78, 5) is 23.4. The van der Waals surface area contributed by atoms with Crippen LogP contribution in [0.1, 0.15) is 0 Å². The Morgan fingerprint density at radius 1 is 1.11 bits per heavy atom. The Labute approximate surface area is 178 Å². The van der Waals surface area contributed by atoms with Gasteiger partial charge >= 0.3 is 0 Å². The Kier molecular flexibility index (Phi) is 5.62. The molecule has 8 heteroatoms. The number of likely N-dealkylation sites (N-methyl/N-ethyl adjacent to an activating group) is 1. The number of hydrogen-bond acceptors (Lipinski definition) is 5. The number of anilines is 2. The zero-order chi connectivity index (χ0) is 19.7. The molecule has 1 aromatic heterocycles. The van der Waals surface area contributed by atoms with Crippen LogP contribution in [-0.4, -0.2) is 55.6 Å². The van der Waals surface area contributed by atoms with E-state index < -0.39 is 0 Å². The first-order valence-electron chi connectivity index (χ1n) is 9.06. The quantitative estimate of drug-likeness (QED) is 0.610. The number of amides is 1. The van der Waals surface area contributed by atoms with E-state index in [0.717, 1.165) is 34.1 Å². The summed E-state index contributed by atoms with van der Waals surface area (Å²) in [6.07, 6.45) is 0. The van der Waals surface area contributed by atoms with E-state index in [1.54, 1.807) is 17.4 Å². The van der Waals surface area contributed by atoms with Crippen LogP contribution in [0, 0.1) is 0 Å². The van der Waals surface area contributed by atoms with Crippen molar-refractivity contribution in [2.45, 2.75) is 0 Å². The molecule has 1 aliphatic rings. The monoisotopic (exact) mass is 434 g/mol. The lowest BCUT2D eigenvalue weighted by molar-refractivity contribution is -0.129. The largest absolute Gasteiger partial charge is 0.367 e. The average molecular weight is 435 g/mol. The molecule has 5 nitrogen and oxygen atoms in total. The maximum Gasteiger partial charge on any atom is 0.242 e. The molecule has 1 fully saturated rings. The van der Waals surface area contributed by atoms with Gasteiger partial charge in [-0.05, 0) is 24.3 Å². The number of halogens is 2. The van der Waals surface area contributed by atoms with E-state index in [1.807, 2.05) is 53.2 Å². The fourth-order valence-corrected chi connectivity index (χ4v) is 4.67. The molecule has 0 saturated carbocycles. The highest BCUT2D eigenvalue weighted by Gasteiger charge is 2.24. The summed E-state index contributed by atoms with van der Waals surface area (Å²) in [5.74, 6) is 0.110. The molecule has 0 aliphatic carbocycles. The predicted molar refractivity (Wildman–Crippen MR) is 118 cm³/mol. The van der Waals surface area contributed by atoms with Crippen molar-refractivity contribution in [3.05, 3.63) is 52.5 Å². The number of benzene rings is 2. The summed E-state index contributed by atoms with van der Waals surface area (Å²) in [5, 5.41) is 1.98. The van der Waals surface area contributed by atoms with Crippen LogP contribution in [0.2, 0.25) is 10.0 Å². The molecule has 3 aromatic rings. The highest BCUT2D eigenvalue weighted by atomic mass is 35.5. The molecule has 2 aromatic carbocycles. The van der Waals surface area contributed by atoms with Crippen LogP contribution in [0.5, 0.6) is 0 Å². The SMILES string of the molecule is CN(CC(=O)N1CCN(c2cccc(Cl)c2Cl)CC1)c1nc2ccccc2s1. The highest BCUT2D eigenvalue weighted by Crippen LogP contribution is 2.33. The first kappa shape index (κ1) is 19.3. The summed E-state index contributed by atoms with van der Waals surface area (Å²) in [6, 6.07) is 13.7. The molecular formula is C20H20Cl2N4OS. The Hall–Kier alpha value is -2.02. The van der Waals surface area contributed by atoms with Gasteiger partial charge in [0.25, 0.3) is 0 Å². The van der Waals surface area contributed by atoms with Crippen molar-refractivity contribution in [2.75, 3.05) is 49.6 Å². The van der Waals surface area contributed by atoms with Gasteiger partial charge in [0.2, 0.25) is 5.91 Å². The first-order chi connectivity index (χ1) is 13.5. The number of fused-ring (bicyclic) bond motifs is 1. The van der Waals surface area contributed by atoms with Crippen LogP contribution >= 0.6 is 34.5 Å². The van der Waals surface area contributed by atoms with E-state index in [-0.39, 0.29) is 5.91 Å². The zero-order valence-corrected chi connectivity index (χ0v) is 17.8. The smallest absolute Gasteiger partial charge is 0.242 e. The number of aromatic nitrogens is 1. The van der Waals surface area contributed by atoms with Crippen LogP contribution in [0.3, 0.4) is 0 Å². The van der Waals surface area contributed by atoms with E-state index in [1.165, 1.54) is 0 Å². The van der Waals surface area contributed by atoms with E-state index in [9.17, 15) is 4.79 Å². The normalized spacial score (nSPS) is 14.5. The molecule has 28 heavy (non-hydrogen) atoms. The standard InChI is InChI=1S/C20H20Cl2N4OS/c1-24(20-23-15-6-2-3-8-17(15)28-20)13-18(27)26-11-9-25(10-12-26)16-7-4-5-14(21)19(16)22/h2-8H,9-13H2,1H3. The van der Waals surface area contributed by atoms with Crippen molar-refractivity contribution in [3.8, 4) is 0 Å². The minimum Gasteiger partial charge on any atom is -0.367 e. The lowest BCUT2D eigenvalue weighted by Crippen LogP contribution is -2.51. The molecule has 2 heterocycles. The number of carbonyl (C=O) groups is 1. The Balaban J connectivity index is 1.36. The van der Waals surface area contributed by atoms with Gasteiger partial charge in [-0.3, -0.25) is 4.79 Å². The van der Waals surface area contributed by atoms with E-state index in [2.05, 4.69) is 9.88 Å². The Morgan fingerprint density at radius 2 is 1.86 bits per heavy atom. The summed E-state index contributed by atoms with van der Waals surface area (Å²) in [6.45, 7) is 3.11. The number of nitrogens with zero attached hydrogens (tertiary/aromatic N) is 4. The maximum absolute atomic E-state index is 12.8. The fraction of sp³-hybridized carbons (Fsp3) is 0.300. The highest BCUT2D eigenvalue weighted by molar-refractivity contribution is 7.22. The van der Waals surface area contributed by atoms with Crippen LogP contribution < -0.4 is 9.80 Å². The molecule has 0 atom stereocenters. The van der Waals surface area contributed by atoms with Gasteiger partial charge in [-0.25, -0.2) is 4.98 Å². The number of carbonyl (C=O) groups excluding carboxylic acids is 1. The fourth-order valence-electron chi connectivity index (χ4n) is 3.33. The molecule has 0 N–H and O–H groups in total. The van der Waals surface area contributed by atoms with Crippen LogP contribution in [0.4, 0.5) is 10.8 Å². The third-order valence-corrected chi connectivity index (χ3v) is 6.85. The summed E-state index contributed by atoms with van der Waals surface area (Å²) in [5.41, 5.74) is 1.89. The number of piperazine rings is 1. The van der Waals surface area contributed by atoms with Crippen molar-refractivity contribution < 1.29 is 4.79 Å². The third-order valence-electron chi connectivity index (χ3n) is 4.89. The molecular weight excluding hydrogens is 415 g/mol. The number of hydrogen-bond donors (Lipinski definition) is 0. The zero-order valence-electron chi connectivity index (χ0n) is 15.4. The Bertz CT molecular complexity index is 968. The van der Waals surface area contributed by atoms with Crippen LogP contribution in [0.15, 0.2) is 42.5 Å². The van der Waals surface area contributed by atoms with Gasteiger partial charge < -0.3 is 14.7 Å². The van der Waals surface area contributed by atoms with Crippen molar-refractivity contribution >= 4 is 61.5 Å². The molecule has 0 spiro atoms. The number of para-hydroxylation sites is 1. The molecule has 0 radical (unpaired) electrons. The Morgan fingerprint density at radius 3 is 2.61 bits per heavy atom. The van der Waals surface area contributed by atoms with Gasteiger partial charge in [-0.15, -0.1) is 0 Å². The lowest BCUT2D eigenvalue weighted by atomic mass is 10.2. The second kappa shape index (κ2) is 8.15. The molecule has 1 saturated heterocycles. The molecule has 0 bridgehead atoms. The van der Waals surface area contributed by atoms with Gasteiger partial charge in [-0.1, -0.05) is 52.7 Å². The topological polar surface area (TPSA) is 39.7 Å².